The lowest BCUT2D eigenvalue weighted by Crippen LogP contribution is -2.27. The number of hydrogen-bond donors (Lipinski definition) is 2. The van der Waals surface area contributed by atoms with Crippen LogP contribution in [0, 0.1) is 0 Å². The molecule has 0 radical (unpaired) electrons. The summed E-state index contributed by atoms with van der Waals surface area (Å²) in [4.78, 5) is 0. The molecule has 0 bridgehead atoms. The van der Waals surface area contributed by atoms with Gasteiger partial charge >= 0.3 is 0 Å². The van der Waals surface area contributed by atoms with E-state index in [0.29, 0.717) is 17.1 Å². The minimum atomic E-state index is 0.0874. The molecule has 0 amide bonds. The molecule has 21 heavy (non-hydrogen) atoms. The zero-order valence-electron chi connectivity index (χ0n) is 11.5. The van der Waals surface area contributed by atoms with Crippen LogP contribution >= 0.6 is 39.1 Å². The lowest BCUT2D eigenvalue weighted by Gasteiger charge is -2.15. The van der Waals surface area contributed by atoms with Crippen LogP contribution in [0.15, 0.2) is 40.9 Å². The van der Waals surface area contributed by atoms with Crippen molar-refractivity contribution in [3.63, 3.8) is 0 Å². The average molecular weight is 389 g/mol. The van der Waals surface area contributed by atoms with Crippen LogP contribution in [-0.2, 0) is 13.0 Å². The van der Waals surface area contributed by atoms with Crippen molar-refractivity contribution in [1.29, 1.82) is 0 Å². The zero-order valence-corrected chi connectivity index (χ0v) is 14.6. The third-order valence-electron chi connectivity index (χ3n) is 3.20. The summed E-state index contributed by atoms with van der Waals surface area (Å²) in [6.07, 6.45) is 0.905. The standard InChI is InChI=1S/C16H16BrCl2NO/c1-10(6-11-2-4-13(17)5-3-11)20-9-12-7-14(18)8-15(19)16(12)21/h2-5,7-8,10,20-21H,6,9H2,1H3. The molecule has 2 aromatic rings. The highest BCUT2D eigenvalue weighted by Gasteiger charge is 2.09. The van der Waals surface area contributed by atoms with Gasteiger partial charge in [-0.1, -0.05) is 51.3 Å². The Bertz CT molecular complexity index is 616. The summed E-state index contributed by atoms with van der Waals surface area (Å²) in [7, 11) is 0. The number of phenols is 1. The van der Waals surface area contributed by atoms with Crippen molar-refractivity contribution >= 4 is 39.1 Å². The number of aromatic hydroxyl groups is 1. The Balaban J connectivity index is 1.95. The minimum absolute atomic E-state index is 0.0874. The van der Waals surface area contributed by atoms with Gasteiger partial charge in [-0.2, -0.15) is 0 Å². The van der Waals surface area contributed by atoms with Gasteiger partial charge in [-0.05, 0) is 43.2 Å². The lowest BCUT2D eigenvalue weighted by molar-refractivity contribution is 0.459. The predicted molar refractivity (Wildman–Crippen MR) is 92.3 cm³/mol. The highest BCUT2D eigenvalue weighted by atomic mass is 79.9. The molecule has 2 rings (SSSR count). The summed E-state index contributed by atoms with van der Waals surface area (Å²) in [5.74, 6) is 0.0874. The molecule has 0 fully saturated rings. The molecule has 2 nitrogen and oxygen atoms in total. The van der Waals surface area contributed by atoms with Crippen LogP contribution in [0.2, 0.25) is 10.0 Å². The zero-order chi connectivity index (χ0) is 15.4. The molecule has 0 aromatic heterocycles. The summed E-state index contributed by atoms with van der Waals surface area (Å²) >= 11 is 15.3. The van der Waals surface area contributed by atoms with Crippen molar-refractivity contribution in [1.82, 2.24) is 5.32 Å². The van der Waals surface area contributed by atoms with E-state index in [9.17, 15) is 5.11 Å². The second-order valence-electron chi connectivity index (χ2n) is 5.01. The van der Waals surface area contributed by atoms with E-state index in [0.717, 1.165) is 10.9 Å². The van der Waals surface area contributed by atoms with Gasteiger partial charge in [0.05, 0.1) is 5.02 Å². The van der Waals surface area contributed by atoms with Gasteiger partial charge in [0.1, 0.15) is 5.75 Å². The highest BCUT2D eigenvalue weighted by Crippen LogP contribution is 2.31. The van der Waals surface area contributed by atoms with E-state index < -0.39 is 0 Å². The lowest BCUT2D eigenvalue weighted by atomic mass is 10.1. The number of nitrogens with one attached hydrogen (secondary N) is 1. The van der Waals surface area contributed by atoms with Gasteiger partial charge < -0.3 is 10.4 Å². The predicted octanol–water partition coefficient (Wildman–Crippen LogP) is 5.18. The fourth-order valence-corrected chi connectivity index (χ4v) is 2.88. The topological polar surface area (TPSA) is 32.3 Å². The molecule has 0 aliphatic carbocycles. The first kappa shape index (κ1) is 16.6. The van der Waals surface area contributed by atoms with Crippen LogP contribution in [-0.4, -0.2) is 11.1 Å². The normalized spacial score (nSPS) is 12.4. The molecule has 0 heterocycles. The summed E-state index contributed by atoms with van der Waals surface area (Å²) < 4.78 is 1.07. The van der Waals surface area contributed by atoms with Crippen molar-refractivity contribution in [2.24, 2.45) is 0 Å². The van der Waals surface area contributed by atoms with Crippen LogP contribution in [0.4, 0.5) is 0 Å². The minimum Gasteiger partial charge on any atom is -0.506 e. The smallest absolute Gasteiger partial charge is 0.138 e. The number of phenolic OH excluding ortho intramolecular Hbond substituents is 1. The quantitative estimate of drug-likeness (QED) is 0.739. The maximum atomic E-state index is 9.92. The van der Waals surface area contributed by atoms with Crippen LogP contribution in [0.5, 0.6) is 5.75 Å². The molecular weight excluding hydrogens is 373 g/mol. The van der Waals surface area contributed by atoms with Crippen molar-refractivity contribution in [2.75, 3.05) is 0 Å². The van der Waals surface area contributed by atoms with E-state index in [1.54, 1.807) is 6.07 Å². The van der Waals surface area contributed by atoms with E-state index in [2.05, 4.69) is 40.3 Å². The fraction of sp³-hybridized carbons (Fsp3) is 0.250. The van der Waals surface area contributed by atoms with Gasteiger partial charge in [0.25, 0.3) is 0 Å². The molecule has 1 unspecified atom stereocenters. The molecule has 1 atom stereocenters. The van der Waals surface area contributed by atoms with E-state index in [1.165, 1.54) is 11.6 Å². The van der Waals surface area contributed by atoms with E-state index in [1.807, 2.05) is 12.1 Å². The highest BCUT2D eigenvalue weighted by molar-refractivity contribution is 9.10. The Morgan fingerprint density at radius 2 is 1.86 bits per heavy atom. The van der Waals surface area contributed by atoms with Crippen molar-refractivity contribution < 1.29 is 5.11 Å². The van der Waals surface area contributed by atoms with Crippen molar-refractivity contribution in [3.05, 3.63) is 62.0 Å². The van der Waals surface area contributed by atoms with Crippen LogP contribution in [0.25, 0.3) is 0 Å². The first-order chi connectivity index (χ1) is 9.95. The molecular formula is C16H16BrCl2NO. The van der Waals surface area contributed by atoms with E-state index in [-0.39, 0.29) is 16.8 Å². The fourth-order valence-electron chi connectivity index (χ4n) is 2.08. The monoisotopic (exact) mass is 387 g/mol. The van der Waals surface area contributed by atoms with Gasteiger partial charge in [0.2, 0.25) is 0 Å². The van der Waals surface area contributed by atoms with Crippen LogP contribution < -0.4 is 5.32 Å². The van der Waals surface area contributed by atoms with E-state index in [4.69, 9.17) is 23.2 Å². The van der Waals surface area contributed by atoms with Crippen molar-refractivity contribution in [3.8, 4) is 5.75 Å². The molecule has 2 aromatic carbocycles. The molecule has 5 heteroatoms. The molecule has 0 saturated heterocycles. The second kappa shape index (κ2) is 7.50. The molecule has 112 valence electrons. The summed E-state index contributed by atoms with van der Waals surface area (Å²) in [6.45, 7) is 2.62. The van der Waals surface area contributed by atoms with Crippen molar-refractivity contribution in [2.45, 2.75) is 25.9 Å². The van der Waals surface area contributed by atoms with Gasteiger partial charge in [0.15, 0.2) is 0 Å². The first-order valence-corrected chi connectivity index (χ1v) is 8.15. The van der Waals surface area contributed by atoms with Gasteiger partial charge in [-0.3, -0.25) is 0 Å². The molecule has 0 spiro atoms. The Morgan fingerprint density at radius 3 is 2.52 bits per heavy atom. The van der Waals surface area contributed by atoms with Gasteiger partial charge in [-0.25, -0.2) is 0 Å². The third-order valence-corrected chi connectivity index (χ3v) is 4.24. The van der Waals surface area contributed by atoms with Crippen LogP contribution in [0.1, 0.15) is 18.1 Å². The first-order valence-electron chi connectivity index (χ1n) is 6.60. The maximum absolute atomic E-state index is 9.92. The van der Waals surface area contributed by atoms with E-state index >= 15 is 0 Å². The average Bonchev–Trinajstić information content (AvgIpc) is 2.44. The summed E-state index contributed by atoms with van der Waals surface area (Å²) in [5.41, 5.74) is 1.96. The largest absolute Gasteiger partial charge is 0.506 e. The Kier molecular flexibility index (Phi) is 5.94. The molecule has 0 aliphatic heterocycles. The maximum Gasteiger partial charge on any atom is 0.138 e. The Morgan fingerprint density at radius 1 is 1.19 bits per heavy atom. The SMILES string of the molecule is CC(Cc1ccc(Br)cc1)NCc1cc(Cl)cc(Cl)c1O. The third kappa shape index (κ3) is 4.89. The Labute approximate surface area is 143 Å². The number of hydrogen-bond acceptors (Lipinski definition) is 2. The number of benzene rings is 2. The molecule has 0 aliphatic rings. The molecule has 2 N–H and O–H groups in total. The van der Waals surface area contributed by atoms with Gasteiger partial charge in [0, 0.05) is 27.6 Å². The van der Waals surface area contributed by atoms with Gasteiger partial charge in [-0.15, -0.1) is 0 Å². The second-order valence-corrected chi connectivity index (χ2v) is 6.77. The Hall–Kier alpha value is -0.740. The molecule has 0 saturated carbocycles. The summed E-state index contributed by atoms with van der Waals surface area (Å²) in [6, 6.07) is 11.8. The number of rotatable bonds is 5. The van der Waals surface area contributed by atoms with Crippen LogP contribution in [0.3, 0.4) is 0 Å². The number of halogens is 3. The summed E-state index contributed by atoms with van der Waals surface area (Å²) in [5, 5.41) is 14.1.